The molecule has 0 aliphatic carbocycles. The normalized spacial score (nSPS) is 27.3. The van der Waals surface area contributed by atoms with Crippen LogP contribution in [0.4, 0.5) is 0 Å². The van der Waals surface area contributed by atoms with Crippen LogP contribution in [0.15, 0.2) is 9.85 Å². The zero-order valence-corrected chi connectivity index (χ0v) is 12.9. The van der Waals surface area contributed by atoms with Crippen molar-refractivity contribution >= 4 is 33.2 Å². The second-order valence-electron chi connectivity index (χ2n) is 5.47. The Morgan fingerprint density at radius 1 is 1.56 bits per heavy atom. The van der Waals surface area contributed by atoms with Crippen LogP contribution in [-0.4, -0.2) is 37.0 Å². The van der Waals surface area contributed by atoms with Gasteiger partial charge in [0.05, 0.1) is 8.66 Å². The summed E-state index contributed by atoms with van der Waals surface area (Å²) in [6.45, 7) is 6.04. The highest BCUT2D eigenvalue weighted by Crippen LogP contribution is 2.37. The van der Waals surface area contributed by atoms with Crippen molar-refractivity contribution in [3.63, 3.8) is 0 Å². The minimum atomic E-state index is 0.206. The number of halogens is 1. The predicted molar refractivity (Wildman–Crippen MR) is 77.2 cm³/mol. The molecule has 5 heteroatoms. The number of nitrogens with one attached hydrogen (secondary N) is 1. The molecular formula is C13H17BrN2OS. The topological polar surface area (TPSA) is 32.3 Å². The number of likely N-dealkylation sites (tertiary alicyclic amines) is 1. The zero-order valence-electron chi connectivity index (χ0n) is 10.5. The summed E-state index contributed by atoms with van der Waals surface area (Å²) in [5.41, 5.74) is 1.51. The molecule has 1 atom stereocenters. The maximum absolute atomic E-state index is 12.4. The lowest BCUT2D eigenvalue weighted by Crippen LogP contribution is -2.32. The Balaban J connectivity index is 1.74. The van der Waals surface area contributed by atoms with E-state index in [9.17, 15) is 4.79 Å². The molecule has 2 saturated heterocycles. The van der Waals surface area contributed by atoms with Crippen LogP contribution in [0.25, 0.3) is 0 Å². The van der Waals surface area contributed by atoms with Crippen molar-refractivity contribution in [1.82, 2.24) is 10.2 Å². The van der Waals surface area contributed by atoms with Crippen LogP contribution < -0.4 is 5.32 Å². The summed E-state index contributed by atoms with van der Waals surface area (Å²) in [5.74, 6) is 0.206. The average molecular weight is 329 g/mol. The average Bonchev–Trinajstić information content (AvgIpc) is 3.04. The largest absolute Gasteiger partial charge is 0.337 e. The molecule has 0 bridgehead atoms. The van der Waals surface area contributed by atoms with Gasteiger partial charge in [0.25, 0.3) is 5.91 Å². The van der Waals surface area contributed by atoms with E-state index in [0.717, 1.165) is 46.8 Å². The summed E-state index contributed by atoms with van der Waals surface area (Å²) in [7, 11) is 0. The summed E-state index contributed by atoms with van der Waals surface area (Å²) in [6, 6.07) is 2.00. The molecule has 3 rings (SSSR count). The van der Waals surface area contributed by atoms with Crippen molar-refractivity contribution < 1.29 is 4.79 Å². The molecule has 2 aliphatic heterocycles. The second-order valence-corrected chi connectivity index (χ2v) is 7.84. The predicted octanol–water partition coefficient (Wildman–Crippen LogP) is 2.64. The molecule has 1 amide bonds. The van der Waals surface area contributed by atoms with Crippen molar-refractivity contribution in [2.45, 2.75) is 19.8 Å². The number of hydrogen-bond acceptors (Lipinski definition) is 3. The maximum Gasteiger partial charge on any atom is 0.263 e. The highest BCUT2D eigenvalue weighted by Gasteiger charge is 2.42. The Morgan fingerprint density at radius 2 is 2.39 bits per heavy atom. The summed E-state index contributed by atoms with van der Waals surface area (Å²) < 4.78 is 1.07. The van der Waals surface area contributed by atoms with Crippen molar-refractivity contribution in [2.75, 3.05) is 26.2 Å². The standard InChI is InChI=1S/C13H17BrN2OS/c1-9-6-10(18-11(9)14)12(17)16-5-3-13(8-16)2-4-15-7-13/h6,15H,2-5,7-8H2,1H3. The third kappa shape index (κ3) is 2.12. The van der Waals surface area contributed by atoms with E-state index in [4.69, 9.17) is 0 Å². The van der Waals surface area contributed by atoms with Crippen LogP contribution in [0.1, 0.15) is 28.1 Å². The van der Waals surface area contributed by atoms with E-state index in [-0.39, 0.29) is 5.91 Å². The van der Waals surface area contributed by atoms with Gasteiger partial charge in [0, 0.05) is 25.0 Å². The van der Waals surface area contributed by atoms with E-state index in [0.29, 0.717) is 5.41 Å². The lowest BCUT2D eigenvalue weighted by atomic mass is 9.87. The van der Waals surface area contributed by atoms with Crippen molar-refractivity contribution in [3.05, 3.63) is 20.3 Å². The van der Waals surface area contributed by atoms with E-state index in [1.165, 1.54) is 6.42 Å². The molecule has 98 valence electrons. The smallest absolute Gasteiger partial charge is 0.263 e. The molecule has 0 radical (unpaired) electrons. The van der Waals surface area contributed by atoms with Gasteiger partial charge in [-0.3, -0.25) is 4.79 Å². The SMILES string of the molecule is Cc1cc(C(=O)N2CCC3(CCNC3)C2)sc1Br. The summed E-state index contributed by atoms with van der Waals surface area (Å²) in [4.78, 5) is 15.3. The van der Waals surface area contributed by atoms with Gasteiger partial charge in [0.2, 0.25) is 0 Å². The molecule has 1 aromatic rings. The molecule has 1 N–H and O–H groups in total. The van der Waals surface area contributed by atoms with Crippen LogP contribution in [0.3, 0.4) is 0 Å². The number of thiophene rings is 1. The first kappa shape index (κ1) is 12.6. The van der Waals surface area contributed by atoms with Gasteiger partial charge in [-0.2, -0.15) is 0 Å². The Labute approximate surface area is 120 Å². The Bertz CT molecular complexity index is 460. The van der Waals surface area contributed by atoms with Crippen molar-refractivity contribution in [1.29, 1.82) is 0 Å². The number of carbonyl (C=O) groups is 1. The molecule has 0 aromatic carbocycles. The highest BCUT2D eigenvalue weighted by atomic mass is 79.9. The highest BCUT2D eigenvalue weighted by molar-refractivity contribution is 9.11. The van der Waals surface area contributed by atoms with Gasteiger partial charge < -0.3 is 10.2 Å². The molecule has 1 spiro atoms. The number of amides is 1. The Kier molecular flexibility index (Phi) is 3.24. The first-order valence-corrected chi connectivity index (χ1v) is 7.97. The molecule has 3 heterocycles. The van der Waals surface area contributed by atoms with Gasteiger partial charge in [-0.1, -0.05) is 0 Å². The molecule has 18 heavy (non-hydrogen) atoms. The van der Waals surface area contributed by atoms with E-state index in [2.05, 4.69) is 21.2 Å². The van der Waals surface area contributed by atoms with Crippen LogP contribution in [-0.2, 0) is 0 Å². The van der Waals surface area contributed by atoms with E-state index in [1.807, 2.05) is 17.9 Å². The van der Waals surface area contributed by atoms with Crippen LogP contribution in [0, 0.1) is 12.3 Å². The molecular weight excluding hydrogens is 312 g/mol. The van der Waals surface area contributed by atoms with Crippen molar-refractivity contribution in [3.8, 4) is 0 Å². The van der Waals surface area contributed by atoms with Crippen LogP contribution >= 0.6 is 27.3 Å². The maximum atomic E-state index is 12.4. The fourth-order valence-corrected chi connectivity index (χ4v) is 4.48. The molecule has 2 fully saturated rings. The van der Waals surface area contributed by atoms with Crippen LogP contribution in [0.5, 0.6) is 0 Å². The van der Waals surface area contributed by atoms with Gasteiger partial charge in [-0.15, -0.1) is 11.3 Å². The number of aryl methyl sites for hydroxylation is 1. The fourth-order valence-electron chi connectivity index (χ4n) is 2.97. The van der Waals surface area contributed by atoms with E-state index >= 15 is 0 Å². The third-order valence-corrected chi connectivity index (χ3v) is 6.25. The minimum Gasteiger partial charge on any atom is -0.337 e. The monoisotopic (exact) mass is 328 g/mol. The number of rotatable bonds is 1. The van der Waals surface area contributed by atoms with Gasteiger partial charge in [-0.05, 0) is 53.9 Å². The first-order chi connectivity index (χ1) is 8.60. The van der Waals surface area contributed by atoms with Crippen LogP contribution in [0.2, 0.25) is 0 Å². The van der Waals surface area contributed by atoms with Gasteiger partial charge in [-0.25, -0.2) is 0 Å². The Morgan fingerprint density at radius 3 is 3.00 bits per heavy atom. The zero-order chi connectivity index (χ0) is 12.8. The molecule has 1 unspecified atom stereocenters. The third-order valence-electron chi connectivity index (χ3n) is 4.13. The van der Waals surface area contributed by atoms with Gasteiger partial charge in [0.1, 0.15) is 0 Å². The number of nitrogens with zero attached hydrogens (tertiary/aromatic N) is 1. The quantitative estimate of drug-likeness (QED) is 0.859. The number of hydrogen-bond donors (Lipinski definition) is 1. The first-order valence-electron chi connectivity index (χ1n) is 6.36. The Hall–Kier alpha value is -0.390. The second kappa shape index (κ2) is 4.62. The minimum absolute atomic E-state index is 0.206. The molecule has 0 saturated carbocycles. The lowest BCUT2D eigenvalue weighted by molar-refractivity contribution is 0.0780. The lowest BCUT2D eigenvalue weighted by Gasteiger charge is -2.22. The summed E-state index contributed by atoms with van der Waals surface area (Å²) in [5, 5.41) is 3.42. The van der Waals surface area contributed by atoms with E-state index < -0.39 is 0 Å². The van der Waals surface area contributed by atoms with Gasteiger partial charge >= 0.3 is 0 Å². The number of carbonyl (C=O) groups excluding carboxylic acids is 1. The summed E-state index contributed by atoms with van der Waals surface area (Å²) in [6.07, 6.45) is 2.36. The molecule has 2 aliphatic rings. The van der Waals surface area contributed by atoms with E-state index in [1.54, 1.807) is 11.3 Å². The fraction of sp³-hybridized carbons (Fsp3) is 0.615. The molecule has 3 nitrogen and oxygen atoms in total. The van der Waals surface area contributed by atoms with Crippen molar-refractivity contribution in [2.24, 2.45) is 5.41 Å². The summed E-state index contributed by atoms with van der Waals surface area (Å²) >= 11 is 5.04. The van der Waals surface area contributed by atoms with Gasteiger partial charge in [0.15, 0.2) is 0 Å². The molecule has 1 aromatic heterocycles.